The van der Waals surface area contributed by atoms with Crippen molar-refractivity contribution in [2.75, 3.05) is 32.4 Å². The van der Waals surface area contributed by atoms with E-state index in [0.717, 1.165) is 0 Å². The molecule has 0 atom stereocenters. The SMILES string of the molecule is COc1cc(NC(=O)CS(=O)(=O)Cc2ccccc2)cc(OC)c1OC. The second-order valence-electron chi connectivity index (χ2n) is 5.48. The van der Waals surface area contributed by atoms with Crippen molar-refractivity contribution in [3.63, 3.8) is 0 Å². The van der Waals surface area contributed by atoms with Crippen molar-refractivity contribution in [1.82, 2.24) is 0 Å². The smallest absolute Gasteiger partial charge is 0.239 e. The molecule has 0 aliphatic heterocycles. The van der Waals surface area contributed by atoms with Crippen LogP contribution in [0, 0.1) is 0 Å². The van der Waals surface area contributed by atoms with Gasteiger partial charge in [0.15, 0.2) is 21.3 Å². The summed E-state index contributed by atoms with van der Waals surface area (Å²) in [6.07, 6.45) is 0. The maximum absolute atomic E-state index is 12.2. The normalized spacial score (nSPS) is 10.9. The highest BCUT2D eigenvalue weighted by molar-refractivity contribution is 7.91. The lowest BCUT2D eigenvalue weighted by atomic mass is 10.2. The lowest BCUT2D eigenvalue weighted by molar-refractivity contribution is -0.113. The first-order valence-electron chi connectivity index (χ1n) is 7.72. The Morgan fingerprint density at radius 1 is 0.962 bits per heavy atom. The Kier molecular flexibility index (Phi) is 6.46. The van der Waals surface area contributed by atoms with E-state index in [1.165, 1.54) is 33.5 Å². The maximum atomic E-state index is 12.2. The van der Waals surface area contributed by atoms with Gasteiger partial charge in [-0.1, -0.05) is 30.3 Å². The predicted octanol–water partition coefficient (Wildman–Crippen LogP) is 2.27. The van der Waals surface area contributed by atoms with Crippen LogP contribution in [0.1, 0.15) is 5.56 Å². The zero-order valence-corrected chi connectivity index (χ0v) is 15.6. The predicted molar refractivity (Wildman–Crippen MR) is 98.7 cm³/mol. The van der Waals surface area contributed by atoms with E-state index in [4.69, 9.17) is 14.2 Å². The average molecular weight is 379 g/mol. The van der Waals surface area contributed by atoms with Gasteiger partial charge >= 0.3 is 0 Å². The molecule has 0 aliphatic rings. The molecule has 2 aromatic carbocycles. The molecule has 7 nitrogen and oxygen atoms in total. The van der Waals surface area contributed by atoms with Crippen LogP contribution in [-0.4, -0.2) is 41.4 Å². The highest BCUT2D eigenvalue weighted by Gasteiger charge is 2.19. The minimum Gasteiger partial charge on any atom is -0.493 e. The Bertz CT molecular complexity index is 840. The van der Waals surface area contributed by atoms with E-state index in [1.807, 2.05) is 0 Å². The number of hydrogen-bond donors (Lipinski definition) is 1. The minimum atomic E-state index is -3.60. The van der Waals surface area contributed by atoms with Gasteiger partial charge in [0.25, 0.3) is 0 Å². The van der Waals surface area contributed by atoms with Gasteiger partial charge in [0.2, 0.25) is 11.7 Å². The fourth-order valence-electron chi connectivity index (χ4n) is 2.43. The first kappa shape index (κ1) is 19.6. The molecule has 0 saturated carbocycles. The van der Waals surface area contributed by atoms with Crippen LogP contribution in [0.3, 0.4) is 0 Å². The highest BCUT2D eigenvalue weighted by atomic mass is 32.2. The molecular weight excluding hydrogens is 358 g/mol. The minimum absolute atomic E-state index is 0.198. The summed E-state index contributed by atoms with van der Waals surface area (Å²) in [6, 6.07) is 11.8. The van der Waals surface area contributed by atoms with Gasteiger partial charge in [-0.05, 0) is 5.56 Å². The third-order valence-electron chi connectivity index (χ3n) is 3.53. The van der Waals surface area contributed by atoms with Crippen molar-refractivity contribution in [1.29, 1.82) is 0 Å². The van der Waals surface area contributed by atoms with E-state index in [2.05, 4.69) is 5.32 Å². The standard InChI is InChI=1S/C18H21NO6S/c1-23-15-9-14(10-16(24-2)18(15)25-3)19-17(20)12-26(21,22)11-13-7-5-4-6-8-13/h4-10H,11-12H2,1-3H3,(H,19,20). The molecule has 0 radical (unpaired) electrons. The van der Waals surface area contributed by atoms with E-state index in [-0.39, 0.29) is 5.75 Å². The number of nitrogens with one attached hydrogen (secondary N) is 1. The fourth-order valence-corrected chi connectivity index (χ4v) is 3.70. The van der Waals surface area contributed by atoms with E-state index < -0.39 is 21.5 Å². The summed E-state index contributed by atoms with van der Waals surface area (Å²) in [7, 11) is 0.773. The quantitative estimate of drug-likeness (QED) is 0.757. The average Bonchev–Trinajstić information content (AvgIpc) is 2.60. The molecule has 26 heavy (non-hydrogen) atoms. The van der Waals surface area contributed by atoms with Crippen LogP contribution in [-0.2, 0) is 20.4 Å². The molecule has 0 spiro atoms. The number of ether oxygens (including phenoxy) is 3. The Labute approximate surface area is 152 Å². The Balaban J connectivity index is 2.12. The number of hydrogen-bond acceptors (Lipinski definition) is 6. The molecule has 2 aromatic rings. The van der Waals surface area contributed by atoms with Crippen molar-refractivity contribution in [3.8, 4) is 17.2 Å². The zero-order valence-electron chi connectivity index (χ0n) is 14.8. The van der Waals surface area contributed by atoms with E-state index >= 15 is 0 Å². The van der Waals surface area contributed by atoms with Gasteiger partial charge in [-0.3, -0.25) is 4.79 Å². The zero-order chi connectivity index (χ0) is 19.2. The summed E-state index contributed by atoms with van der Waals surface area (Å²) < 4.78 is 40.1. The summed E-state index contributed by atoms with van der Waals surface area (Å²) in [5.74, 6) is -0.377. The van der Waals surface area contributed by atoms with Crippen molar-refractivity contribution >= 4 is 21.4 Å². The molecule has 0 saturated heterocycles. The van der Waals surface area contributed by atoms with E-state index in [0.29, 0.717) is 28.5 Å². The molecule has 8 heteroatoms. The Morgan fingerprint density at radius 2 is 1.54 bits per heavy atom. The van der Waals surface area contributed by atoms with Crippen LogP contribution in [0.2, 0.25) is 0 Å². The van der Waals surface area contributed by atoms with Crippen LogP contribution < -0.4 is 19.5 Å². The summed E-state index contributed by atoms with van der Waals surface area (Å²) in [5, 5.41) is 2.55. The van der Waals surface area contributed by atoms with Crippen LogP contribution >= 0.6 is 0 Å². The van der Waals surface area contributed by atoms with Gasteiger partial charge in [0, 0.05) is 17.8 Å². The van der Waals surface area contributed by atoms with Gasteiger partial charge < -0.3 is 19.5 Å². The highest BCUT2D eigenvalue weighted by Crippen LogP contribution is 2.39. The summed E-state index contributed by atoms with van der Waals surface area (Å²) in [6.45, 7) is 0. The first-order valence-corrected chi connectivity index (χ1v) is 9.55. The maximum Gasteiger partial charge on any atom is 0.239 e. The molecule has 0 heterocycles. The summed E-state index contributed by atoms with van der Waals surface area (Å²) in [4.78, 5) is 12.2. The van der Waals surface area contributed by atoms with Crippen molar-refractivity contribution < 1.29 is 27.4 Å². The molecule has 0 fully saturated rings. The number of carbonyl (C=O) groups excluding carboxylic acids is 1. The number of anilines is 1. The van der Waals surface area contributed by atoms with Gasteiger partial charge in [0.1, 0.15) is 5.75 Å². The van der Waals surface area contributed by atoms with Crippen LogP contribution in [0.15, 0.2) is 42.5 Å². The van der Waals surface area contributed by atoms with Crippen LogP contribution in [0.25, 0.3) is 0 Å². The third-order valence-corrected chi connectivity index (χ3v) is 5.00. The topological polar surface area (TPSA) is 90.9 Å². The molecule has 0 aliphatic carbocycles. The Hall–Kier alpha value is -2.74. The number of carbonyl (C=O) groups is 1. The number of benzene rings is 2. The van der Waals surface area contributed by atoms with Crippen LogP contribution in [0.5, 0.6) is 17.2 Å². The second-order valence-corrected chi connectivity index (χ2v) is 7.54. The number of amides is 1. The number of rotatable bonds is 8. The van der Waals surface area contributed by atoms with E-state index in [9.17, 15) is 13.2 Å². The molecule has 1 N–H and O–H groups in total. The van der Waals surface area contributed by atoms with Gasteiger partial charge in [-0.25, -0.2) is 8.42 Å². The summed E-state index contributed by atoms with van der Waals surface area (Å²) >= 11 is 0. The van der Waals surface area contributed by atoms with Crippen molar-refractivity contribution in [3.05, 3.63) is 48.0 Å². The second kappa shape index (κ2) is 8.57. The third kappa shape index (κ3) is 5.13. The van der Waals surface area contributed by atoms with E-state index in [1.54, 1.807) is 30.3 Å². The Morgan fingerprint density at radius 3 is 2.04 bits per heavy atom. The molecule has 0 bridgehead atoms. The largest absolute Gasteiger partial charge is 0.493 e. The monoisotopic (exact) mass is 379 g/mol. The molecule has 0 unspecified atom stereocenters. The molecule has 2 rings (SSSR count). The van der Waals surface area contributed by atoms with Gasteiger partial charge in [-0.15, -0.1) is 0 Å². The number of sulfone groups is 1. The fraction of sp³-hybridized carbons (Fsp3) is 0.278. The molecular formula is C18H21NO6S. The van der Waals surface area contributed by atoms with Gasteiger partial charge in [0.05, 0.1) is 27.1 Å². The molecule has 1 amide bonds. The molecule has 0 aromatic heterocycles. The lowest BCUT2D eigenvalue weighted by Gasteiger charge is -2.14. The van der Waals surface area contributed by atoms with Gasteiger partial charge in [-0.2, -0.15) is 0 Å². The van der Waals surface area contributed by atoms with Crippen molar-refractivity contribution in [2.45, 2.75) is 5.75 Å². The van der Waals surface area contributed by atoms with Crippen LogP contribution in [0.4, 0.5) is 5.69 Å². The lowest BCUT2D eigenvalue weighted by Crippen LogP contribution is -2.24. The summed E-state index contributed by atoms with van der Waals surface area (Å²) in [5.41, 5.74) is 0.979. The van der Waals surface area contributed by atoms with Crippen molar-refractivity contribution in [2.24, 2.45) is 0 Å². The molecule has 140 valence electrons. The first-order chi connectivity index (χ1) is 12.4. The number of methoxy groups -OCH3 is 3.